The molecular weight excluding hydrogens is 190 g/mol. The summed E-state index contributed by atoms with van der Waals surface area (Å²) in [5.41, 5.74) is 0.331. The standard InChI is InChI=1S/C8H10ClN3O/c1-5-10-7(9)6(4-13)8(11-5)12(2)3/h4H,1-3H3. The molecule has 0 saturated carbocycles. The highest BCUT2D eigenvalue weighted by Gasteiger charge is 2.11. The van der Waals surface area contributed by atoms with Crippen LogP contribution in [0.15, 0.2) is 0 Å². The average Bonchev–Trinajstić information content (AvgIpc) is 2.02. The first-order valence-corrected chi connectivity index (χ1v) is 4.10. The van der Waals surface area contributed by atoms with Crippen molar-refractivity contribution in [2.24, 2.45) is 0 Å². The molecule has 0 aliphatic heterocycles. The van der Waals surface area contributed by atoms with Gasteiger partial charge in [0.1, 0.15) is 16.8 Å². The Bertz CT molecular complexity index is 338. The number of aromatic nitrogens is 2. The van der Waals surface area contributed by atoms with E-state index in [2.05, 4.69) is 9.97 Å². The number of aldehydes is 1. The molecule has 0 bridgehead atoms. The maximum atomic E-state index is 10.7. The molecule has 0 spiro atoms. The molecule has 4 nitrogen and oxygen atoms in total. The largest absolute Gasteiger partial charge is 0.362 e. The number of hydrogen-bond donors (Lipinski definition) is 0. The summed E-state index contributed by atoms with van der Waals surface area (Å²) in [5, 5.41) is 0.200. The minimum atomic E-state index is 0.200. The topological polar surface area (TPSA) is 46.1 Å². The summed E-state index contributed by atoms with van der Waals surface area (Å²) in [6, 6.07) is 0. The number of aryl methyl sites for hydroxylation is 1. The Balaban J connectivity index is 3.38. The number of nitrogens with zero attached hydrogens (tertiary/aromatic N) is 3. The number of anilines is 1. The van der Waals surface area contributed by atoms with Crippen molar-refractivity contribution < 1.29 is 4.79 Å². The van der Waals surface area contributed by atoms with Crippen molar-refractivity contribution in [1.29, 1.82) is 0 Å². The molecule has 5 heteroatoms. The number of carbonyl (C=O) groups excluding carboxylic acids is 1. The van der Waals surface area contributed by atoms with Gasteiger partial charge in [-0.05, 0) is 6.92 Å². The molecule has 0 aliphatic carbocycles. The van der Waals surface area contributed by atoms with Gasteiger partial charge < -0.3 is 4.90 Å². The number of rotatable bonds is 2. The summed E-state index contributed by atoms with van der Waals surface area (Å²) in [6.07, 6.45) is 0.664. The Kier molecular flexibility index (Phi) is 2.83. The maximum Gasteiger partial charge on any atom is 0.156 e. The Morgan fingerprint density at radius 1 is 1.38 bits per heavy atom. The second kappa shape index (κ2) is 3.70. The van der Waals surface area contributed by atoms with Crippen molar-refractivity contribution >= 4 is 23.7 Å². The zero-order chi connectivity index (χ0) is 10.0. The molecule has 13 heavy (non-hydrogen) atoms. The van der Waals surface area contributed by atoms with Crippen molar-refractivity contribution in [3.05, 3.63) is 16.5 Å². The average molecular weight is 200 g/mol. The molecule has 0 radical (unpaired) electrons. The van der Waals surface area contributed by atoms with E-state index < -0.39 is 0 Å². The van der Waals surface area contributed by atoms with Gasteiger partial charge in [-0.3, -0.25) is 4.79 Å². The van der Waals surface area contributed by atoms with Crippen LogP contribution in [0, 0.1) is 6.92 Å². The highest BCUT2D eigenvalue weighted by atomic mass is 35.5. The molecule has 0 fully saturated rings. The lowest BCUT2D eigenvalue weighted by Crippen LogP contribution is -2.15. The van der Waals surface area contributed by atoms with E-state index >= 15 is 0 Å². The fraction of sp³-hybridized carbons (Fsp3) is 0.375. The first kappa shape index (κ1) is 9.92. The number of hydrogen-bond acceptors (Lipinski definition) is 4. The third kappa shape index (κ3) is 1.95. The third-order valence-electron chi connectivity index (χ3n) is 1.53. The van der Waals surface area contributed by atoms with Crippen LogP contribution in [-0.4, -0.2) is 30.3 Å². The van der Waals surface area contributed by atoms with E-state index in [0.717, 1.165) is 0 Å². The smallest absolute Gasteiger partial charge is 0.156 e. The van der Waals surface area contributed by atoms with E-state index in [0.29, 0.717) is 23.5 Å². The van der Waals surface area contributed by atoms with Crippen molar-refractivity contribution in [2.45, 2.75) is 6.92 Å². The minimum Gasteiger partial charge on any atom is -0.362 e. The highest BCUT2D eigenvalue weighted by molar-refractivity contribution is 6.32. The number of carbonyl (C=O) groups is 1. The second-order valence-corrected chi connectivity index (χ2v) is 3.17. The van der Waals surface area contributed by atoms with Crippen molar-refractivity contribution in [2.75, 3.05) is 19.0 Å². The summed E-state index contributed by atoms with van der Waals surface area (Å²) in [4.78, 5) is 20.4. The fourth-order valence-corrected chi connectivity index (χ4v) is 1.23. The molecule has 1 rings (SSSR count). The van der Waals surface area contributed by atoms with Gasteiger partial charge in [0.15, 0.2) is 6.29 Å². The van der Waals surface area contributed by atoms with E-state index in [1.165, 1.54) is 0 Å². The monoisotopic (exact) mass is 199 g/mol. The Morgan fingerprint density at radius 2 is 2.00 bits per heavy atom. The molecule has 0 atom stereocenters. The Labute approximate surface area is 81.6 Å². The van der Waals surface area contributed by atoms with Crippen LogP contribution in [0.4, 0.5) is 5.82 Å². The van der Waals surface area contributed by atoms with Crippen LogP contribution in [0.5, 0.6) is 0 Å². The van der Waals surface area contributed by atoms with Gasteiger partial charge in [-0.2, -0.15) is 0 Å². The van der Waals surface area contributed by atoms with Crippen LogP contribution >= 0.6 is 11.6 Å². The second-order valence-electron chi connectivity index (χ2n) is 2.81. The minimum absolute atomic E-state index is 0.200. The quantitative estimate of drug-likeness (QED) is 0.532. The third-order valence-corrected chi connectivity index (χ3v) is 1.82. The summed E-state index contributed by atoms with van der Waals surface area (Å²) >= 11 is 5.77. The van der Waals surface area contributed by atoms with Crippen molar-refractivity contribution in [3.8, 4) is 0 Å². The summed E-state index contributed by atoms with van der Waals surface area (Å²) in [6.45, 7) is 1.73. The molecule has 1 heterocycles. The molecule has 0 aliphatic rings. The normalized spacial score (nSPS) is 9.85. The van der Waals surface area contributed by atoms with Crippen molar-refractivity contribution in [1.82, 2.24) is 9.97 Å². The molecular formula is C8H10ClN3O. The summed E-state index contributed by atoms with van der Waals surface area (Å²) in [7, 11) is 3.59. The van der Waals surface area contributed by atoms with Gasteiger partial charge in [-0.1, -0.05) is 11.6 Å². The van der Waals surface area contributed by atoms with Crippen LogP contribution in [0.25, 0.3) is 0 Å². The molecule has 0 saturated heterocycles. The van der Waals surface area contributed by atoms with Gasteiger partial charge in [-0.25, -0.2) is 9.97 Å². The lowest BCUT2D eigenvalue weighted by atomic mass is 10.3. The van der Waals surface area contributed by atoms with Crippen LogP contribution in [0.1, 0.15) is 16.2 Å². The first-order valence-electron chi connectivity index (χ1n) is 3.73. The lowest BCUT2D eigenvalue weighted by molar-refractivity contribution is 0.112. The fourth-order valence-electron chi connectivity index (χ4n) is 0.975. The van der Waals surface area contributed by atoms with Crippen LogP contribution in [0.2, 0.25) is 5.15 Å². The lowest BCUT2D eigenvalue weighted by Gasteiger charge is -2.14. The van der Waals surface area contributed by atoms with Crippen LogP contribution in [-0.2, 0) is 0 Å². The zero-order valence-corrected chi connectivity index (χ0v) is 8.46. The van der Waals surface area contributed by atoms with Crippen LogP contribution in [0.3, 0.4) is 0 Å². The molecule has 0 unspecified atom stereocenters. The predicted molar refractivity (Wildman–Crippen MR) is 51.5 cm³/mol. The maximum absolute atomic E-state index is 10.7. The first-order chi connectivity index (χ1) is 6.06. The molecule has 0 aromatic carbocycles. The number of halogens is 1. The van der Waals surface area contributed by atoms with Gasteiger partial charge in [0.25, 0.3) is 0 Å². The zero-order valence-electron chi connectivity index (χ0n) is 7.71. The van der Waals surface area contributed by atoms with Gasteiger partial charge in [-0.15, -0.1) is 0 Å². The molecule has 1 aromatic heterocycles. The molecule has 0 N–H and O–H groups in total. The highest BCUT2D eigenvalue weighted by Crippen LogP contribution is 2.20. The molecule has 70 valence electrons. The van der Waals surface area contributed by atoms with E-state index in [1.807, 2.05) is 0 Å². The molecule has 1 aromatic rings. The summed E-state index contributed by atoms with van der Waals surface area (Å²) < 4.78 is 0. The van der Waals surface area contributed by atoms with Crippen LogP contribution < -0.4 is 4.90 Å². The van der Waals surface area contributed by atoms with Gasteiger partial charge in [0.2, 0.25) is 0 Å². The van der Waals surface area contributed by atoms with Gasteiger partial charge in [0.05, 0.1) is 5.56 Å². The Morgan fingerprint density at radius 3 is 2.46 bits per heavy atom. The van der Waals surface area contributed by atoms with E-state index in [9.17, 15) is 4.79 Å². The van der Waals surface area contributed by atoms with E-state index in [4.69, 9.17) is 11.6 Å². The SMILES string of the molecule is Cc1nc(Cl)c(C=O)c(N(C)C)n1. The Hall–Kier alpha value is -1.16. The van der Waals surface area contributed by atoms with Gasteiger partial charge in [0, 0.05) is 14.1 Å². The molecule has 0 amide bonds. The summed E-state index contributed by atoms with van der Waals surface area (Å²) in [5.74, 6) is 1.10. The van der Waals surface area contributed by atoms with E-state index in [1.54, 1.807) is 25.9 Å². The van der Waals surface area contributed by atoms with E-state index in [-0.39, 0.29) is 5.15 Å². The predicted octanol–water partition coefficient (Wildman–Crippen LogP) is 1.32. The van der Waals surface area contributed by atoms with Gasteiger partial charge >= 0.3 is 0 Å². The van der Waals surface area contributed by atoms with Crippen molar-refractivity contribution in [3.63, 3.8) is 0 Å².